The van der Waals surface area contributed by atoms with Crippen LogP contribution in [0, 0.1) is 0 Å². The first-order chi connectivity index (χ1) is 8.26. The lowest BCUT2D eigenvalue weighted by Crippen LogP contribution is -2.34. The molecule has 1 atom stereocenters. The number of aliphatic hydroxyl groups is 2. The Hall–Kier alpha value is -0.120. The molecular weight excluding hydrogens is 214 g/mol. The van der Waals surface area contributed by atoms with Crippen LogP contribution < -0.4 is 0 Å². The topological polar surface area (TPSA) is 43.7 Å². The van der Waals surface area contributed by atoms with E-state index >= 15 is 0 Å². The Morgan fingerprint density at radius 3 is 1.76 bits per heavy atom. The van der Waals surface area contributed by atoms with E-state index in [1.165, 1.54) is 25.7 Å². The van der Waals surface area contributed by atoms with Gasteiger partial charge in [0.25, 0.3) is 0 Å². The fourth-order valence-corrected chi connectivity index (χ4v) is 2.15. The minimum Gasteiger partial charge on any atom is -0.396 e. The highest BCUT2D eigenvalue weighted by molar-refractivity contribution is 4.58. The van der Waals surface area contributed by atoms with Crippen molar-refractivity contribution in [2.75, 3.05) is 19.7 Å². The molecule has 0 rings (SSSR count). The maximum absolute atomic E-state index is 9.88. The lowest BCUT2D eigenvalue weighted by molar-refractivity contribution is 0.00277. The zero-order chi connectivity index (χ0) is 12.9. The molecule has 1 unspecified atom stereocenters. The van der Waals surface area contributed by atoms with Crippen LogP contribution in [0.4, 0.5) is 0 Å². The van der Waals surface area contributed by atoms with Crippen molar-refractivity contribution in [2.24, 2.45) is 0 Å². The van der Waals surface area contributed by atoms with Crippen LogP contribution in [0.5, 0.6) is 0 Å². The minimum atomic E-state index is -0.251. The summed E-state index contributed by atoms with van der Waals surface area (Å²) in [5.41, 5.74) is 0. The predicted molar refractivity (Wildman–Crippen MR) is 72.9 cm³/mol. The number of rotatable bonds is 12. The number of aliphatic hydroxyl groups excluding tert-OH is 2. The van der Waals surface area contributed by atoms with E-state index in [4.69, 9.17) is 5.11 Å². The summed E-state index contributed by atoms with van der Waals surface area (Å²) in [6.45, 7) is 6.37. The summed E-state index contributed by atoms with van der Waals surface area (Å²) in [7, 11) is 0. The van der Waals surface area contributed by atoms with Crippen molar-refractivity contribution < 1.29 is 10.2 Å². The first-order valence-corrected chi connectivity index (χ1v) is 7.29. The monoisotopic (exact) mass is 245 g/mol. The Balaban J connectivity index is 3.27. The molecule has 17 heavy (non-hydrogen) atoms. The summed E-state index contributed by atoms with van der Waals surface area (Å²) < 4.78 is 0. The molecule has 0 heterocycles. The van der Waals surface area contributed by atoms with Crippen LogP contribution in [0.3, 0.4) is 0 Å². The largest absolute Gasteiger partial charge is 0.396 e. The molecular formula is C14H31NO2. The maximum Gasteiger partial charge on any atom is 0.107 e. The van der Waals surface area contributed by atoms with Gasteiger partial charge in [-0.05, 0) is 32.4 Å². The molecule has 0 aromatic carbocycles. The van der Waals surface area contributed by atoms with E-state index in [0.717, 1.165) is 38.8 Å². The summed E-state index contributed by atoms with van der Waals surface area (Å²) in [6.07, 6.45) is 8.85. The van der Waals surface area contributed by atoms with Crippen LogP contribution in [0.25, 0.3) is 0 Å². The van der Waals surface area contributed by atoms with Crippen molar-refractivity contribution in [2.45, 2.75) is 71.4 Å². The van der Waals surface area contributed by atoms with Gasteiger partial charge in [-0.15, -0.1) is 0 Å². The highest BCUT2D eigenvalue weighted by Gasteiger charge is 2.10. The molecule has 0 amide bonds. The van der Waals surface area contributed by atoms with E-state index < -0.39 is 0 Å². The maximum atomic E-state index is 9.88. The Bertz CT molecular complexity index is 149. The molecule has 3 heteroatoms. The van der Waals surface area contributed by atoms with Crippen LogP contribution >= 0.6 is 0 Å². The molecule has 3 nitrogen and oxygen atoms in total. The fourth-order valence-electron chi connectivity index (χ4n) is 2.15. The average Bonchev–Trinajstić information content (AvgIpc) is 2.34. The number of hydrogen-bond donors (Lipinski definition) is 2. The Morgan fingerprint density at radius 1 is 0.824 bits per heavy atom. The Morgan fingerprint density at radius 2 is 1.29 bits per heavy atom. The van der Waals surface area contributed by atoms with Crippen molar-refractivity contribution in [3.05, 3.63) is 0 Å². The third-order valence-electron chi connectivity index (χ3n) is 3.35. The highest BCUT2D eigenvalue weighted by Crippen LogP contribution is 2.11. The van der Waals surface area contributed by atoms with Crippen molar-refractivity contribution >= 4 is 0 Å². The number of unbranched alkanes of at least 4 members (excludes halogenated alkanes) is 6. The van der Waals surface area contributed by atoms with E-state index in [2.05, 4.69) is 18.7 Å². The van der Waals surface area contributed by atoms with E-state index in [1.54, 1.807) is 0 Å². The zero-order valence-electron chi connectivity index (χ0n) is 11.7. The summed E-state index contributed by atoms with van der Waals surface area (Å²) >= 11 is 0. The van der Waals surface area contributed by atoms with E-state index in [-0.39, 0.29) is 6.23 Å². The van der Waals surface area contributed by atoms with E-state index in [1.807, 2.05) is 0 Å². The van der Waals surface area contributed by atoms with Crippen molar-refractivity contribution in [1.29, 1.82) is 0 Å². The van der Waals surface area contributed by atoms with Crippen molar-refractivity contribution in [3.63, 3.8) is 0 Å². The molecule has 0 saturated heterocycles. The smallest absolute Gasteiger partial charge is 0.107 e. The van der Waals surface area contributed by atoms with E-state index in [0.29, 0.717) is 6.61 Å². The zero-order valence-corrected chi connectivity index (χ0v) is 11.7. The molecule has 0 saturated carbocycles. The average molecular weight is 245 g/mol. The molecule has 0 aliphatic heterocycles. The molecule has 104 valence electrons. The fraction of sp³-hybridized carbons (Fsp3) is 1.00. The van der Waals surface area contributed by atoms with Gasteiger partial charge in [0.05, 0.1) is 0 Å². The van der Waals surface area contributed by atoms with Gasteiger partial charge in [-0.2, -0.15) is 0 Å². The van der Waals surface area contributed by atoms with Crippen molar-refractivity contribution in [1.82, 2.24) is 4.90 Å². The first-order valence-electron chi connectivity index (χ1n) is 7.29. The molecule has 0 spiro atoms. The molecule has 0 aromatic rings. The highest BCUT2D eigenvalue weighted by atomic mass is 16.3. The van der Waals surface area contributed by atoms with Crippen LogP contribution in [-0.2, 0) is 0 Å². The molecule has 0 aromatic heterocycles. The van der Waals surface area contributed by atoms with Crippen molar-refractivity contribution in [3.8, 4) is 0 Å². The van der Waals surface area contributed by atoms with Gasteiger partial charge < -0.3 is 10.2 Å². The van der Waals surface area contributed by atoms with Gasteiger partial charge >= 0.3 is 0 Å². The number of hydrogen-bond acceptors (Lipinski definition) is 3. The van der Waals surface area contributed by atoms with Gasteiger partial charge in [-0.1, -0.05) is 46.0 Å². The molecule has 2 N–H and O–H groups in total. The number of nitrogens with zero attached hydrogens (tertiary/aromatic N) is 1. The molecule has 0 aliphatic carbocycles. The summed E-state index contributed by atoms with van der Waals surface area (Å²) in [4.78, 5) is 2.10. The molecule has 0 fully saturated rings. The second-order valence-electron chi connectivity index (χ2n) is 4.69. The lowest BCUT2D eigenvalue weighted by atomic mass is 10.1. The van der Waals surface area contributed by atoms with Gasteiger partial charge in [0.1, 0.15) is 6.23 Å². The van der Waals surface area contributed by atoms with Crippen LogP contribution in [0.1, 0.15) is 65.2 Å². The second kappa shape index (κ2) is 12.3. The summed E-state index contributed by atoms with van der Waals surface area (Å²) in [5, 5.41) is 18.5. The molecule has 0 aliphatic rings. The van der Waals surface area contributed by atoms with Gasteiger partial charge in [-0.25, -0.2) is 0 Å². The molecule has 0 radical (unpaired) electrons. The van der Waals surface area contributed by atoms with Gasteiger partial charge in [0, 0.05) is 6.61 Å². The summed E-state index contributed by atoms with van der Waals surface area (Å²) in [5.74, 6) is 0. The normalized spacial score (nSPS) is 13.2. The third-order valence-corrected chi connectivity index (χ3v) is 3.35. The SMILES string of the molecule is CCN(CC)C(O)CCCCCCCCCO. The lowest BCUT2D eigenvalue weighted by Gasteiger charge is -2.24. The molecule has 0 bridgehead atoms. The van der Waals surface area contributed by atoms with Crippen LogP contribution in [0.15, 0.2) is 0 Å². The van der Waals surface area contributed by atoms with Gasteiger partial charge in [0.2, 0.25) is 0 Å². The summed E-state index contributed by atoms with van der Waals surface area (Å²) in [6, 6.07) is 0. The first kappa shape index (κ1) is 16.9. The Kier molecular flexibility index (Phi) is 12.3. The van der Waals surface area contributed by atoms with E-state index in [9.17, 15) is 5.11 Å². The quantitative estimate of drug-likeness (QED) is 0.410. The van der Waals surface area contributed by atoms with Gasteiger partial charge in [-0.3, -0.25) is 4.90 Å². The minimum absolute atomic E-state index is 0.251. The Labute approximate surface area is 107 Å². The predicted octanol–water partition coefficient (Wildman–Crippen LogP) is 2.76. The second-order valence-corrected chi connectivity index (χ2v) is 4.69. The third kappa shape index (κ3) is 9.57. The van der Waals surface area contributed by atoms with Crippen LogP contribution in [0.2, 0.25) is 0 Å². The van der Waals surface area contributed by atoms with Crippen LogP contribution in [-0.4, -0.2) is 41.0 Å². The standard InChI is InChI=1S/C14H31NO2/c1-3-15(4-2)14(17)12-10-8-6-5-7-9-11-13-16/h14,16-17H,3-13H2,1-2H3. The van der Waals surface area contributed by atoms with Gasteiger partial charge in [0.15, 0.2) is 0 Å².